The van der Waals surface area contributed by atoms with E-state index in [2.05, 4.69) is 123 Å². The monoisotopic (exact) mass is 549 g/mol. The maximum Gasteiger partial charge on any atom is 0.164 e. The molecule has 0 saturated heterocycles. The maximum atomic E-state index is 5.17. The Hall–Kier alpha value is -5.41. The zero-order valence-corrected chi connectivity index (χ0v) is 24.0. The van der Waals surface area contributed by atoms with Crippen LogP contribution >= 0.6 is 0 Å². The zero-order chi connectivity index (χ0) is 28.7. The summed E-state index contributed by atoms with van der Waals surface area (Å²) in [7, 11) is 0. The number of hydrogen-bond acceptors (Lipinski definition) is 3. The minimum Gasteiger partial charge on any atom is -0.208 e. The molecule has 0 atom stereocenters. The number of aromatic nitrogens is 3. The van der Waals surface area contributed by atoms with Crippen LogP contribution in [0.3, 0.4) is 0 Å². The van der Waals surface area contributed by atoms with E-state index in [1.165, 1.54) is 49.9 Å². The number of nitrogens with zero attached hydrogens (tertiary/aromatic N) is 3. The standard InChI is InChI=1S/C40H27N3/c1-40(2)34-18-9-8-15-28(34)33-23-25(19-22-35(33)40)38-41-37(24-11-4-3-5-12-24)42-39(43-38)32-21-20-31-27-14-7-6-13-26(27)29-16-10-17-30(32)36(29)31/h3-23H,1-2H3. The van der Waals surface area contributed by atoms with Crippen molar-refractivity contribution in [3.05, 3.63) is 139 Å². The summed E-state index contributed by atoms with van der Waals surface area (Å²) >= 11 is 0. The molecule has 2 aliphatic rings. The minimum absolute atomic E-state index is 0.0495. The maximum absolute atomic E-state index is 5.17. The van der Waals surface area contributed by atoms with Gasteiger partial charge in [-0.3, -0.25) is 0 Å². The first-order chi connectivity index (χ1) is 21.1. The van der Waals surface area contributed by atoms with Gasteiger partial charge in [-0.2, -0.15) is 0 Å². The summed E-state index contributed by atoms with van der Waals surface area (Å²) in [5, 5.41) is 2.42. The van der Waals surface area contributed by atoms with Crippen molar-refractivity contribution in [2.24, 2.45) is 0 Å². The summed E-state index contributed by atoms with van der Waals surface area (Å²) in [6, 6.07) is 45.3. The molecule has 3 heteroatoms. The Labute approximate surface area is 250 Å². The van der Waals surface area contributed by atoms with Crippen molar-refractivity contribution >= 4 is 10.8 Å². The molecule has 0 amide bonds. The molecule has 0 aliphatic heterocycles. The Kier molecular flexibility index (Phi) is 4.95. The Morgan fingerprint density at radius 3 is 1.77 bits per heavy atom. The molecule has 2 aliphatic carbocycles. The van der Waals surface area contributed by atoms with Gasteiger partial charge in [-0.05, 0) is 67.4 Å². The van der Waals surface area contributed by atoms with Crippen molar-refractivity contribution in [3.63, 3.8) is 0 Å². The average Bonchev–Trinajstić information content (AvgIpc) is 3.51. The van der Waals surface area contributed by atoms with E-state index in [9.17, 15) is 0 Å². The Morgan fingerprint density at radius 2 is 0.977 bits per heavy atom. The SMILES string of the molecule is CC1(C)c2ccccc2-c2cc(-c3nc(-c4ccccc4)nc(-c4ccc5c6c(cccc46)-c4ccccc4-5)n3)ccc21. The van der Waals surface area contributed by atoms with E-state index in [0.717, 1.165) is 22.1 Å². The number of benzene rings is 6. The zero-order valence-electron chi connectivity index (χ0n) is 24.0. The molecule has 9 rings (SSSR count). The quantitative estimate of drug-likeness (QED) is 0.220. The predicted octanol–water partition coefficient (Wildman–Crippen LogP) is 9.98. The largest absolute Gasteiger partial charge is 0.208 e. The molecule has 43 heavy (non-hydrogen) atoms. The molecule has 6 aromatic carbocycles. The summed E-state index contributed by atoms with van der Waals surface area (Å²) in [4.78, 5) is 15.3. The van der Waals surface area contributed by atoms with E-state index in [4.69, 9.17) is 15.0 Å². The van der Waals surface area contributed by atoms with Gasteiger partial charge in [-0.25, -0.2) is 15.0 Å². The molecule has 0 unspecified atom stereocenters. The van der Waals surface area contributed by atoms with Crippen LogP contribution in [0.4, 0.5) is 0 Å². The summed E-state index contributed by atoms with van der Waals surface area (Å²) in [6.45, 7) is 4.61. The third-order valence-corrected chi connectivity index (χ3v) is 9.30. The lowest BCUT2D eigenvalue weighted by molar-refractivity contribution is 0.660. The van der Waals surface area contributed by atoms with Gasteiger partial charge in [-0.15, -0.1) is 0 Å². The fraction of sp³-hybridized carbons (Fsp3) is 0.0750. The van der Waals surface area contributed by atoms with Crippen molar-refractivity contribution in [3.8, 4) is 67.5 Å². The molecule has 0 spiro atoms. The second-order valence-corrected chi connectivity index (χ2v) is 12.0. The van der Waals surface area contributed by atoms with Crippen molar-refractivity contribution in [2.75, 3.05) is 0 Å². The van der Waals surface area contributed by atoms with E-state index in [1.807, 2.05) is 18.2 Å². The fourth-order valence-corrected chi connectivity index (χ4v) is 7.20. The van der Waals surface area contributed by atoms with Crippen LogP contribution in [0, 0.1) is 0 Å². The lowest BCUT2D eigenvalue weighted by atomic mass is 9.82. The lowest BCUT2D eigenvalue weighted by Gasteiger charge is -2.21. The highest BCUT2D eigenvalue weighted by atomic mass is 15.0. The molecule has 0 N–H and O–H groups in total. The molecule has 0 bridgehead atoms. The van der Waals surface area contributed by atoms with Gasteiger partial charge in [-0.1, -0.05) is 129 Å². The second kappa shape index (κ2) is 8.80. The highest BCUT2D eigenvalue weighted by molar-refractivity contribution is 6.18. The van der Waals surface area contributed by atoms with Crippen LogP contribution in [-0.4, -0.2) is 15.0 Å². The van der Waals surface area contributed by atoms with Gasteiger partial charge < -0.3 is 0 Å². The first-order valence-electron chi connectivity index (χ1n) is 14.8. The molecule has 0 radical (unpaired) electrons. The molecule has 202 valence electrons. The number of hydrogen-bond donors (Lipinski definition) is 0. The summed E-state index contributed by atoms with van der Waals surface area (Å²) < 4.78 is 0. The van der Waals surface area contributed by atoms with Gasteiger partial charge in [0.25, 0.3) is 0 Å². The fourth-order valence-electron chi connectivity index (χ4n) is 7.20. The highest BCUT2D eigenvalue weighted by Gasteiger charge is 2.35. The van der Waals surface area contributed by atoms with Crippen LogP contribution in [0.15, 0.2) is 127 Å². The van der Waals surface area contributed by atoms with Crippen LogP contribution in [-0.2, 0) is 5.41 Å². The minimum atomic E-state index is -0.0495. The van der Waals surface area contributed by atoms with Crippen LogP contribution < -0.4 is 0 Å². The topological polar surface area (TPSA) is 38.7 Å². The van der Waals surface area contributed by atoms with Crippen LogP contribution in [0.2, 0.25) is 0 Å². The molecule has 1 heterocycles. The van der Waals surface area contributed by atoms with Gasteiger partial charge in [0.2, 0.25) is 0 Å². The third kappa shape index (κ3) is 3.45. The van der Waals surface area contributed by atoms with Crippen molar-refractivity contribution < 1.29 is 0 Å². The van der Waals surface area contributed by atoms with Gasteiger partial charge >= 0.3 is 0 Å². The Bertz CT molecular complexity index is 2230. The summed E-state index contributed by atoms with van der Waals surface area (Å²) in [6.07, 6.45) is 0. The molecule has 3 nitrogen and oxygen atoms in total. The summed E-state index contributed by atoms with van der Waals surface area (Å²) in [5.41, 5.74) is 13.3. The smallest absolute Gasteiger partial charge is 0.164 e. The average molecular weight is 550 g/mol. The van der Waals surface area contributed by atoms with E-state index in [-0.39, 0.29) is 5.41 Å². The number of rotatable bonds is 3. The van der Waals surface area contributed by atoms with Crippen LogP contribution in [0.1, 0.15) is 25.0 Å². The van der Waals surface area contributed by atoms with E-state index in [1.54, 1.807) is 0 Å². The van der Waals surface area contributed by atoms with E-state index in [0.29, 0.717) is 17.5 Å². The van der Waals surface area contributed by atoms with E-state index >= 15 is 0 Å². The van der Waals surface area contributed by atoms with Gasteiger partial charge in [0.05, 0.1) is 0 Å². The normalized spacial score (nSPS) is 13.5. The highest BCUT2D eigenvalue weighted by Crippen LogP contribution is 2.50. The van der Waals surface area contributed by atoms with Gasteiger partial charge in [0.1, 0.15) is 0 Å². The predicted molar refractivity (Wildman–Crippen MR) is 176 cm³/mol. The molecular formula is C40H27N3. The molecule has 1 aromatic heterocycles. The lowest BCUT2D eigenvalue weighted by Crippen LogP contribution is -2.14. The van der Waals surface area contributed by atoms with Crippen molar-refractivity contribution in [1.82, 2.24) is 15.0 Å². The first-order valence-corrected chi connectivity index (χ1v) is 14.8. The molecule has 0 fully saturated rings. The van der Waals surface area contributed by atoms with Crippen LogP contribution in [0.5, 0.6) is 0 Å². The van der Waals surface area contributed by atoms with Crippen LogP contribution in [0.25, 0.3) is 78.3 Å². The Balaban J connectivity index is 1.27. The van der Waals surface area contributed by atoms with Crippen molar-refractivity contribution in [1.29, 1.82) is 0 Å². The number of fused-ring (bicyclic) bond motifs is 6. The van der Waals surface area contributed by atoms with E-state index < -0.39 is 0 Å². The Morgan fingerprint density at radius 1 is 0.395 bits per heavy atom. The summed E-state index contributed by atoms with van der Waals surface area (Å²) in [5.74, 6) is 2.04. The molecule has 7 aromatic rings. The first kappa shape index (κ1) is 24.2. The second-order valence-electron chi connectivity index (χ2n) is 12.0. The van der Waals surface area contributed by atoms with Gasteiger partial charge in [0.15, 0.2) is 17.5 Å². The molecular weight excluding hydrogens is 522 g/mol. The molecule has 0 saturated carbocycles. The van der Waals surface area contributed by atoms with Gasteiger partial charge in [0, 0.05) is 22.1 Å². The third-order valence-electron chi connectivity index (χ3n) is 9.30. The van der Waals surface area contributed by atoms with Crippen molar-refractivity contribution in [2.45, 2.75) is 19.3 Å².